The van der Waals surface area contributed by atoms with Gasteiger partial charge in [0.05, 0.1) is 20.8 Å². The van der Waals surface area contributed by atoms with Crippen LogP contribution in [-0.4, -0.2) is 29.7 Å². The Labute approximate surface area is 222 Å². The first-order chi connectivity index (χ1) is 17.9. The van der Waals surface area contributed by atoms with Gasteiger partial charge in [0.2, 0.25) is 0 Å². The third-order valence-corrected chi connectivity index (χ3v) is 10.6. The number of amides is 1. The molecule has 1 aromatic heterocycles. The molecule has 200 valence electrons. The van der Waals surface area contributed by atoms with E-state index in [1.807, 2.05) is 6.92 Å². The second-order valence-electron chi connectivity index (χ2n) is 10.1. The van der Waals surface area contributed by atoms with Gasteiger partial charge in [-0.2, -0.15) is 0 Å². The van der Waals surface area contributed by atoms with Crippen molar-refractivity contribution in [1.82, 2.24) is 4.98 Å². The first-order valence-corrected chi connectivity index (χ1v) is 14.0. The maximum atomic E-state index is 13.8. The van der Waals surface area contributed by atoms with Gasteiger partial charge in [-0.3, -0.25) is 9.78 Å². The standard InChI is InChI=1S/C27H24ClF3N2O4S/c1-14-7-17-9-19(12-20(14)27(17,35)16-3-2-6-32-13-16)38(36,37)24-8-15(4-5-21(24)28)26(34)33-18-10-22(29)25(31)23(30)11-18/h2-6,8,10-11,13-14,17,19-20,35H,7,9,12H2,1H3,(H,33,34)/t14-,17?,19?,20?,27+/m0/s1. The monoisotopic (exact) mass is 564 g/mol. The smallest absolute Gasteiger partial charge is 0.255 e. The minimum Gasteiger partial charge on any atom is -0.385 e. The zero-order chi connectivity index (χ0) is 27.4. The SMILES string of the molecule is C[C@H]1CC2CC(S(=O)(=O)c3cc(C(=O)Nc4cc(F)c(F)c(F)c4)ccc3Cl)CC1[C@@]2(O)c1cccnc1. The second-order valence-corrected chi connectivity index (χ2v) is 12.7. The van der Waals surface area contributed by atoms with Gasteiger partial charge < -0.3 is 10.4 Å². The molecule has 2 bridgehead atoms. The number of nitrogens with zero attached hydrogens (tertiary/aromatic N) is 1. The lowest BCUT2D eigenvalue weighted by Gasteiger charge is -2.43. The highest BCUT2D eigenvalue weighted by atomic mass is 35.5. The van der Waals surface area contributed by atoms with Crippen molar-refractivity contribution in [3.63, 3.8) is 0 Å². The third-order valence-electron chi connectivity index (χ3n) is 7.90. The molecule has 2 N–H and O–H groups in total. The molecule has 5 rings (SSSR count). The van der Waals surface area contributed by atoms with Gasteiger partial charge in [0.25, 0.3) is 5.91 Å². The van der Waals surface area contributed by atoms with Gasteiger partial charge in [-0.05, 0) is 61.3 Å². The fourth-order valence-electron chi connectivity index (χ4n) is 6.09. The van der Waals surface area contributed by atoms with Gasteiger partial charge in [-0.25, -0.2) is 21.6 Å². The summed E-state index contributed by atoms with van der Waals surface area (Å²) in [5.74, 6) is -6.04. The van der Waals surface area contributed by atoms with Gasteiger partial charge >= 0.3 is 0 Å². The molecule has 0 radical (unpaired) electrons. The molecule has 1 heterocycles. The van der Waals surface area contributed by atoms with Crippen LogP contribution in [0.25, 0.3) is 0 Å². The van der Waals surface area contributed by atoms with Gasteiger partial charge in [0.15, 0.2) is 27.3 Å². The number of pyridine rings is 1. The Morgan fingerprint density at radius 2 is 1.82 bits per heavy atom. The number of rotatable bonds is 5. The number of nitrogens with one attached hydrogen (secondary N) is 1. The Hall–Kier alpha value is -2.95. The van der Waals surface area contributed by atoms with Crippen LogP contribution in [0.15, 0.2) is 59.8 Å². The number of hydrogen-bond acceptors (Lipinski definition) is 5. The number of hydrogen-bond donors (Lipinski definition) is 2. The summed E-state index contributed by atoms with van der Waals surface area (Å²) < 4.78 is 67.9. The van der Waals surface area contributed by atoms with E-state index in [-0.39, 0.29) is 51.8 Å². The van der Waals surface area contributed by atoms with E-state index < -0.39 is 44.0 Å². The molecule has 6 nitrogen and oxygen atoms in total. The summed E-state index contributed by atoms with van der Waals surface area (Å²) in [6.07, 6.45) is 4.29. The number of carbonyl (C=O) groups excluding carboxylic acids is 1. The molecule has 0 spiro atoms. The molecule has 0 saturated heterocycles. The summed E-state index contributed by atoms with van der Waals surface area (Å²) in [5, 5.41) is 13.1. The Balaban J connectivity index is 1.43. The molecule has 2 aliphatic rings. The maximum absolute atomic E-state index is 13.8. The number of aromatic nitrogens is 1. The lowest BCUT2D eigenvalue weighted by atomic mass is 9.70. The summed E-state index contributed by atoms with van der Waals surface area (Å²) in [7, 11) is -4.03. The number of anilines is 1. The number of aliphatic hydroxyl groups is 1. The van der Waals surface area contributed by atoms with Crippen molar-refractivity contribution < 1.29 is 31.5 Å². The fraction of sp³-hybridized carbons (Fsp3) is 0.333. The number of fused-ring (bicyclic) bond motifs is 2. The highest BCUT2D eigenvalue weighted by Crippen LogP contribution is 2.59. The van der Waals surface area contributed by atoms with Crippen LogP contribution in [0.3, 0.4) is 0 Å². The zero-order valence-corrected chi connectivity index (χ0v) is 21.7. The molecule has 2 saturated carbocycles. The van der Waals surface area contributed by atoms with Crippen molar-refractivity contribution in [1.29, 1.82) is 0 Å². The van der Waals surface area contributed by atoms with E-state index in [4.69, 9.17) is 11.6 Å². The number of sulfone groups is 1. The van der Waals surface area contributed by atoms with Crippen molar-refractivity contribution in [2.45, 2.75) is 41.9 Å². The van der Waals surface area contributed by atoms with Crippen LogP contribution in [0, 0.1) is 35.2 Å². The molecule has 2 aliphatic carbocycles. The van der Waals surface area contributed by atoms with Crippen molar-refractivity contribution in [2.24, 2.45) is 17.8 Å². The normalized spacial score (nSPS) is 26.8. The van der Waals surface area contributed by atoms with Crippen LogP contribution in [0.2, 0.25) is 5.02 Å². The molecule has 2 fully saturated rings. The number of carbonyl (C=O) groups is 1. The van der Waals surface area contributed by atoms with E-state index >= 15 is 0 Å². The van der Waals surface area contributed by atoms with Gasteiger partial charge in [0, 0.05) is 41.3 Å². The molecule has 11 heteroatoms. The van der Waals surface area contributed by atoms with Crippen LogP contribution < -0.4 is 5.32 Å². The minimum atomic E-state index is -4.03. The lowest BCUT2D eigenvalue weighted by molar-refractivity contribution is -0.0701. The summed E-state index contributed by atoms with van der Waals surface area (Å²) >= 11 is 6.28. The van der Waals surface area contributed by atoms with Crippen LogP contribution in [-0.2, 0) is 15.4 Å². The third kappa shape index (κ3) is 4.38. The first-order valence-electron chi connectivity index (χ1n) is 12.0. The Kier molecular flexibility index (Phi) is 6.77. The van der Waals surface area contributed by atoms with Gasteiger partial charge in [0.1, 0.15) is 0 Å². The molecular formula is C27H24ClF3N2O4S. The van der Waals surface area contributed by atoms with E-state index in [0.29, 0.717) is 24.1 Å². The zero-order valence-electron chi connectivity index (χ0n) is 20.2. The van der Waals surface area contributed by atoms with Crippen LogP contribution in [0.1, 0.15) is 42.1 Å². The van der Waals surface area contributed by atoms with Crippen molar-refractivity contribution in [2.75, 3.05) is 5.32 Å². The Morgan fingerprint density at radius 1 is 1.11 bits per heavy atom. The van der Waals surface area contributed by atoms with E-state index in [1.165, 1.54) is 12.1 Å². The molecule has 5 atom stereocenters. The topological polar surface area (TPSA) is 96.4 Å². The molecule has 0 aliphatic heterocycles. The summed E-state index contributed by atoms with van der Waals surface area (Å²) in [6.45, 7) is 2.00. The average Bonchev–Trinajstić information content (AvgIpc) is 3.00. The maximum Gasteiger partial charge on any atom is 0.255 e. The number of halogens is 4. The molecule has 38 heavy (non-hydrogen) atoms. The van der Waals surface area contributed by atoms with Crippen molar-refractivity contribution >= 4 is 33.0 Å². The summed E-state index contributed by atoms with van der Waals surface area (Å²) in [4.78, 5) is 16.6. The summed E-state index contributed by atoms with van der Waals surface area (Å²) in [5.41, 5.74) is -0.971. The van der Waals surface area contributed by atoms with Crippen LogP contribution >= 0.6 is 11.6 Å². The van der Waals surface area contributed by atoms with Crippen LogP contribution in [0.5, 0.6) is 0 Å². The predicted octanol–water partition coefficient (Wildman–Crippen LogP) is 5.50. The first kappa shape index (κ1) is 26.6. The predicted molar refractivity (Wildman–Crippen MR) is 135 cm³/mol. The van der Waals surface area contributed by atoms with E-state index in [2.05, 4.69) is 10.3 Å². The highest BCUT2D eigenvalue weighted by molar-refractivity contribution is 7.92. The average molecular weight is 565 g/mol. The summed E-state index contributed by atoms with van der Waals surface area (Å²) in [6, 6.07) is 8.44. The van der Waals surface area contributed by atoms with Crippen LogP contribution in [0.4, 0.5) is 18.9 Å². The molecule has 1 amide bonds. The molecule has 3 aromatic rings. The fourth-order valence-corrected chi connectivity index (χ4v) is 8.47. The Morgan fingerprint density at radius 3 is 2.45 bits per heavy atom. The molecular weight excluding hydrogens is 541 g/mol. The van der Waals surface area contributed by atoms with E-state index in [1.54, 1.807) is 24.5 Å². The molecule has 2 aromatic carbocycles. The van der Waals surface area contributed by atoms with Gasteiger partial charge in [-0.1, -0.05) is 24.6 Å². The largest absolute Gasteiger partial charge is 0.385 e. The van der Waals surface area contributed by atoms with E-state index in [9.17, 15) is 31.5 Å². The Bertz CT molecular complexity index is 1500. The molecule has 3 unspecified atom stereocenters. The van der Waals surface area contributed by atoms with Gasteiger partial charge in [-0.15, -0.1) is 0 Å². The lowest BCUT2D eigenvalue weighted by Crippen LogP contribution is -2.46. The minimum absolute atomic E-state index is 0.0751. The number of benzene rings is 2. The highest BCUT2D eigenvalue weighted by Gasteiger charge is 2.59. The quantitative estimate of drug-likeness (QED) is 0.399. The second kappa shape index (κ2) is 9.66. The van der Waals surface area contributed by atoms with E-state index in [0.717, 1.165) is 6.07 Å². The van der Waals surface area contributed by atoms with Crippen molar-refractivity contribution in [3.05, 3.63) is 88.5 Å². The van der Waals surface area contributed by atoms with Crippen molar-refractivity contribution in [3.8, 4) is 0 Å².